The molecule has 2 aliphatic heterocycles. The summed E-state index contributed by atoms with van der Waals surface area (Å²) in [4.78, 5) is 33.3. The fourth-order valence-electron chi connectivity index (χ4n) is 6.70. The summed E-state index contributed by atoms with van der Waals surface area (Å²) in [6.07, 6.45) is 9.86. The molecular weight excluding hydrogens is 492 g/mol. The van der Waals surface area contributed by atoms with Crippen LogP contribution in [0.5, 0.6) is 0 Å². The first-order valence-electron chi connectivity index (χ1n) is 13.9. The average molecular weight is 529 g/mol. The van der Waals surface area contributed by atoms with Gasteiger partial charge in [-0.15, -0.1) is 0 Å². The van der Waals surface area contributed by atoms with Crippen LogP contribution in [0.2, 0.25) is 0 Å². The summed E-state index contributed by atoms with van der Waals surface area (Å²) in [6, 6.07) is 15.6. The number of rotatable bonds is 6. The van der Waals surface area contributed by atoms with Gasteiger partial charge in [0, 0.05) is 55.1 Å². The second-order valence-electron chi connectivity index (χ2n) is 10.8. The van der Waals surface area contributed by atoms with Crippen molar-refractivity contribution in [2.45, 2.75) is 50.2 Å². The highest BCUT2D eigenvalue weighted by atomic mass is 16.5. The van der Waals surface area contributed by atoms with Crippen molar-refractivity contribution in [1.29, 1.82) is 0 Å². The zero-order valence-electron chi connectivity index (χ0n) is 22.3. The van der Waals surface area contributed by atoms with Crippen LogP contribution in [0.25, 0.3) is 5.69 Å². The summed E-state index contributed by atoms with van der Waals surface area (Å²) in [5.74, 6) is 0.229. The smallest absolute Gasteiger partial charge is 0.319 e. The molecule has 3 amide bonds. The quantitative estimate of drug-likeness (QED) is 0.435. The van der Waals surface area contributed by atoms with E-state index in [1.54, 1.807) is 19.6 Å². The largest absolute Gasteiger partial charge is 0.383 e. The maximum atomic E-state index is 14.1. The van der Waals surface area contributed by atoms with Gasteiger partial charge in [-0.3, -0.25) is 4.79 Å². The molecule has 3 aliphatic rings. The van der Waals surface area contributed by atoms with E-state index in [1.807, 2.05) is 47.2 Å². The van der Waals surface area contributed by atoms with Crippen molar-refractivity contribution in [2.75, 3.05) is 30.9 Å². The fourth-order valence-corrected chi connectivity index (χ4v) is 6.70. The minimum Gasteiger partial charge on any atom is -0.383 e. The number of ether oxygens (including phenoxy) is 1. The molecule has 5 unspecified atom stereocenters. The summed E-state index contributed by atoms with van der Waals surface area (Å²) >= 11 is 0. The van der Waals surface area contributed by atoms with Crippen LogP contribution in [0.1, 0.15) is 43.7 Å². The Morgan fingerprint density at radius 3 is 2.69 bits per heavy atom. The molecule has 9 heteroatoms. The molecule has 5 atom stereocenters. The molecule has 1 saturated carbocycles. The second kappa shape index (κ2) is 11.1. The van der Waals surface area contributed by atoms with E-state index in [1.165, 1.54) is 5.56 Å². The number of likely N-dealkylation sites (tertiary alicyclic amines) is 1. The van der Waals surface area contributed by atoms with Crippen molar-refractivity contribution < 1.29 is 14.3 Å². The third-order valence-corrected chi connectivity index (χ3v) is 8.54. The number of aromatic nitrogens is 2. The summed E-state index contributed by atoms with van der Waals surface area (Å²) in [5, 5.41) is 9.73. The Kier molecular flexibility index (Phi) is 7.24. The molecule has 204 valence electrons. The first-order chi connectivity index (χ1) is 19.1. The SMILES string of the molecule is COCC1Nc2ccccc2C2C1CCN2C(=O)C1CCCCC1NC(=O)Nc1ccc(-n2ccnc2)cc1. The van der Waals surface area contributed by atoms with Crippen molar-refractivity contribution in [3.05, 3.63) is 72.8 Å². The molecule has 6 rings (SSSR count). The van der Waals surface area contributed by atoms with E-state index in [-0.39, 0.29) is 36.0 Å². The molecule has 1 aliphatic carbocycles. The number of para-hydroxylation sites is 1. The van der Waals surface area contributed by atoms with E-state index in [0.717, 1.165) is 50.0 Å². The number of benzene rings is 2. The summed E-state index contributed by atoms with van der Waals surface area (Å²) in [6.45, 7) is 1.33. The van der Waals surface area contributed by atoms with Gasteiger partial charge in [-0.05, 0) is 55.2 Å². The van der Waals surface area contributed by atoms with Gasteiger partial charge in [0.05, 0.1) is 30.9 Å². The molecule has 3 aromatic rings. The molecule has 9 nitrogen and oxygen atoms in total. The summed E-state index contributed by atoms with van der Waals surface area (Å²) in [7, 11) is 1.73. The molecule has 1 aromatic heterocycles. The molecule has 1 saturated heterocycles. The lowest BCUT2D eigenvalue weighted by Gasteiger charge is -2.41. The molecule has 2 fully saturated rings. The van der Waals surface area contributed by atoms with Crippen LogP contribution in [0.4, 0.5) is 16.2 Å². The topological polar surface area (TPSA) is 101 Å². The van der Waals surface area contributed by atoms with E-state index >= 15 is 0 Å². The number of anilines is 2. The average Bonchev–Trinajstić information content (AvgIpc) is 3.65. The van der Waals surface area contributed by atoms with Gasteiger partial charge in [-0.1, -0.05) is 31.0 Å². The monoisotopic (exact) mass is 528 g/mol. The number of carbonyl (C=O) groups excluding carboxylic acids is 2. The lowest BCUT2D eigenvalue weighted by molar-refractivity contribution is -0.138. The van der Waals surface area contributed by atoms with Gasteiger partial charge in [-0.25, -0.2) is 9.78 Å². The van der Waals surface area contributed by atoms with E-state index < -0.39 is 0 Å². The van der Waals surface area contributed by atoms with Gasteiger partial charge >= 0.3 is 6.03 Å². The molecule has 3 heterocycles. The number of amides is 3. The predicted octanol–water partition coefficient (Wildman–Crippen LogP) is 4.58. The number of nitrogens with zero attached hydrogens (tertiary/aromatic N) is 3. The Bertz CT molecular complexity index is 1290. The van der Waals surface area contributed by atoms with Crippen LogP contribution >= 0.6 is 0 Å². The molecule has 39 heavy (non-hydrogen) atoms. The minimum atomic E-state index is -0.276. The van der Waals surface area contributed by atoms with Crippen LogP contribution in [-0.4, -0.2) is 58.7 Å². The molecular formula is C30H36N6O3. The first-order valence-corrected chi connectivity index (χ1v) is 13.9. The normalized spacial score (nSPS) is 25.8. The maximum absolute atomic E-state index is 14.1. The third kappa shape index (κ3) is 5.11. The number of methoxy groups -OCH3 is 1. The summed E-state index contributed by atoms with van der Waals surface area (Å²) in [5.41, 5.74) is 3.93. The Balaban J connectivity index is 1.15. The van der Waals surface area contributed by atoms with Gasteiger partial charge < -0.3 is 30.2 Å². The number of fused-ring (bicyclic) bond motifs is 3. The van der Waals surface area contributed by atoms with Crippen LogP contribution in [-0.2, 0) is 9.53 Å². The van der Waals surface area contributed by atoms with E-state index in [4.69, 9.17) is 4.74 Å². The number of nitrogens with one attached hydrogen (secondary N) is 3. The Morgan fingerprint density at radius 2 is 1.90 bits per heavy atom. The lowest BCUT2D eigenvalue weighted by Crippen LogP contribution is -2.51. The zero-order valence-corrected chi connectivity index (χ0v) is 22.3. The van der Waals surface area contributed by atoms with Crippen LogP contribution < -0.4 is 16.0 Å². The summed E-state index contributed by atoms with van der Waals surface area (Å²) < 4.78 is 7.43. The lowest BCUT2D eigenvalue weighted by atomic mass is 9.81. The highest BCUT2D eigenvalue weighted by Gasteiger charge is 2.48. The van der Waals surface area contributed by atoms with Crippen molar-refractivity contribution in [1.82, 2.24) is 19.8 Å². The van der Waals surface area contributed by atoms with E-state index in [0.29, 0.717) is 18.2 Å². The van der Waals surface area contributed by atoms with Gasteiger partial charge in [0.15, 0.2) is 0 Å². The maximum Gasteiger partial charge on any atom is 0.319 e. The number of imidazole rings is 1. The van der Waals surface area contributed by atoms with Crippen molar-refractivity contribution in [3.63, 3.8) is 0 Å². The minimum absolute atomic E-state index is 0.0283. The number of hydrogen-bond acceptors (Lipinski definition) is 5. The number of urea groups is 1. The molecule has 3 N–H and O–H groups in total. The van der Waals surface area contributed by atoms with Crippen molar-refractivity contribution in [2.24, 2.45) is 11.8 Å². The van der Waals surface area contributed by atoms with Gasteiger partial charge in [0.1, 0.15) is 0 Å². The Labute approximate surface area is 228 Å². The zero-order chi connectivity index (χ0) is 26.8. The molecule has 0 radical (unpaired) electrons. The van der Waals surface area contributed by atoms with Gasteiger partial charge in [-0.2, -0.15) is 0 Å². The van der Waals surface area contributed by atoms with Crippen LogP contribution in [0.15, 0.2) is 67.3 Å². The Morgan fingerprint density at radius 1 is 1.08 bits per heavy atom. The second-order valence-corrected chi connectivity index (χ2v) is 10.8. The highest BCUT2D eigenvalue weighted by Crippen LogP contribution is 2.47. The molecule has 2 aromatic carbocycles. The van der Waals surface area contributed by atoms with E-state index in [9.17, 15) is 9.59 Å². The number of hydrogen-bond donors (Lipinski definition) is 3. The highest BCUT2D eigenvalue weighted by molar-refractivity contribution is 5.90. The van der Waals surface area contributed by atoms with Crippen molar-refractivity contribution >= 4 is 23.3 Å². The van der Waals surface area contributed by atoms with Crippen molar-refractivity contribution in [3.8, 4) is 5.69 Å². The Hall–Kier alpha value is -3.85. The van der Waals surface area contributed by atoms with E-state index in [2.05, 4.69) is 38.0 Å². The standard InChI is InChI=1S/C30H36N6O3/c1-39-18-27-23-14-16-36(28(23)22-6-2-4-8-25(22)33-27)29(37)24-7-3-5-9-26(24)34-30(38)32-20-10-12-21(13-11-20)35-17-15-31-19-35/h2,4,6,8,10-13,15,17,19,23-24,26-28,33H,3,5,7,9,14,16,18H2,1H3,(H2,32,34,38). The first kappa shape index (κ1) is 25.4. The fraction of sp³-hybridized carbons (Fsp3) is 0.433. The molecule has 0 spiro atoms. The van der Waals surface area contributed by atoms with Gasteiger partial charge in [0.2, 0.25) is 5.91 Å². The van der Waals surface area contributed by atoms with Crippen LogP contribution in [0, 0.1) is 11.8 Å². The van der Waals surface area contributed by atoms with Gasteiger partial charge in [0.25, 0.3) is 0 Å². The molecule has 0 bridgehead atoms. The number of carbonyl (C=O) groups is 2. The third-order valence-electron chi connectivity index (χ3n) is 8.54. The predicted molar refractivity (Wildman–Crippen MR) is 150 cm³/mol. The van der Waals surface area contributed by atoms with Crippen LogP contribution in [0.3, 0.4) is 0 Å².